The van der Waals surface area contributed by atoms with Gasteiger partial charge in [0, 0.05) is 42.8 Å². The first-order chi connectivity index (χ1) is 11.2. The fraction of sp³-hybridized carbons (Fsp3) is 0.444. The van der Waals surface area contributed by atoms with E-state index in [4.69, 9.17) is 4.74 Å². The van der Waals surface area contributed by atoms with Crippen molar-refractivity contribution in [3.63, 3.8) is 0 Å². The van der Waals surface area contributed by atoms with Gasteiger partial charge < -0.3 is 9.64 Å². The summed E-state index contributed by atoms with van der Waals surface area (Å²) in [4.78, 5) is 19.5. The van der Waals surface area contributed by atoms with Crippen LogP contribution in [0.25, 0.3) is 0 Å². The zero-order valence-corrected chi connectivity index (χ0v) is 14.4. The Morgan fingerprint density at radius 1 is 1.43 bits per heavy atom. The third-order valence-corrected chi connectivity index (χ3v) is 5.37. The number of hydrogen-bond acceptors (Lipinski definition) is 4. The Morgan fingerprint density at radius 3 is 3.00 bits per heavy atom. The molecule has 0 saturated carbocycles. The molecule has 4 nitrogen and oxygen atoms in total. The Balaban J connectivity index is 1.77. The zero-order chi connectivity index (χ0) is 16.2. The molecule has 1 aromatic carbocycles. The van der Waals surface area contributed by atoms with Gasteiger partial charge in [0.1, 0.15) is 0 Å². The van der Waals surface area contributed by atoms with E-state index in [0.29, 0.717) is 12.5 Å². The van der Waals surface area contributed by atoms with Crippen LogP contribution in [0.1, 0.15) is 45.4 Å². The van der Waals surface area contributed by atoms with Crippen LogP contribution >= 0.6 is 11.3 Å². The summed E-state index contributed by atoms with van der Waals surface area (Å²) in [5, 5.41) is 3.24. The highest BCUT2D eigenvalue weighted by molar-refractivity contribution is 7.09. The van der Waals surface area contributed by atoms with Gasteiger partial charge in [0.25, 0.3) is 5.91 Å². The van der Waals surface area contributed by atoms with Gasteiger partial charge in [-0.2, -0.15) is 0 Å². The molecule has 0 bridgehead atoms. The Morgan fingerprint density at radius 2 is 2.26 bits per heavy atom. The molecule has 1 atom stereocenters. The van der Waals surface area contributed by atoms with Crippen molar-refractivity contribution in [1.29, 1.82) is 0 Å². The maximum Gasteiger partial charge on any atom is 0.254 e. The normalized spacial score (nSPS) is 18.2. The quantitative estimate of drug-likeness (QED) is 0.860. The second-order valence-corrected chi connectivity index (χ2v) is 6.90. The number of aromatic nitrogens is 1. The number of methoxy groups -OCH3 is 1. The highest BCUT2D eigenvalue weighted by Crippen LogP contribution is 2.30. The van der Waals surface area contributed by atoms with Crippen molar-refractivity contribution >= 4 is 17.2 Å². The summed E-state index contributed by atoms with van der Waals surface area (Å²) in [5.41, 5.74) is 2.77. The molecule has 1 aliphatic rings. The predicted octanol–water partition coefficient (Wildman–Crippen LogP) is 3.62. The van der Waals surface area contributed by atoms with Crippen molar-refractivity contribution in [2.24, 2.45) is 0 Å². The topological polar surface area (TPSA) is 42.4 Å². The second-order valence-electron chi connectivity index (χ2n) is 6.01. The number of rotatable bonds is 4. The number of carbonyl (C=O) groups is 1. The molecule has 1 unspecified atom stereocenters. The monoisotopic (exact) mass is 330 g/mol. The van der Waals surface area contributed by atoms with Crippen LogP contribution in [0.2, 0.25) is 0 Å². The molecule has 1 fully saturated rings. The van der Waals surface area contributed by atoms with Crippen LogP contribution in [-0.2, 0) is 11.3 Å². The van der Waals surface area contributed by atoms with Gasteiger partial charge in [-0.1, -0.05) is 18.2 Å². The van der Waals surface area contributed by atoms with Crippen LogP contribution in [-0.4, -0.2) is 36.0 Å². The number of piperidine rings is 1. The molecule has 1 aromatic heterocycles. The van der Waals surface area contributed by atoms with Crippen molar-refractivity contribution < 1.29 is 9.53 Å². The number of nitrogens with zero attached hydrogens (tertiary/aromatic N) is 2. The second kappa shape index (κ2) is 7.23. The lowest BCUT2D eigenvalue weighted by molar-refractivity contribution is 0.0702. The lowest BCUT2D eigenvalue weighted by atomic mass is 9.97. The van der Waals surface area contributed by atoms with Gasteiger partial charge in [-0.15, -0.1) is 11.3 Å². The lowest BCUT2D eigenvalue weighted by Gasteiger charge is -2.32. The molecule has 122 valence electrons. The maximum atomic E-state index is 12.9. The fourth-order valence-corrected chi connectivity index (χ4v) is 4.03. The third-order valence-electron chi connectivity index (χ3n) is 4.24. The van der Waals surface area contributed by atoms with Crippen molar-refractivity contribution in [3.8, 4) is 0 Å². The average Bonchev–Trinajstić information content (AvgIpc) is 3.02. The Bertz CT molecular complexity index is 683. The Labute approximate surface area is 141 Å². The summed E-state index contributed by atoms with van der Waals surface area (Å²) in [6, 6.07) is 7.72. The molecular weight excluding hydrogens is 308 g/mol. The largest absolute Gasteiger partial charge is 0.380 e. The minimum atomic E-state index is 0.107. The highest BCUT2D eigenvalue weighted by atomic mass is 32.1. The minimum Gasteiger partial charge on any atom is -0.380 e. The molecule has 1 aliphatic heterocycles. The van der Waals surface area contributed by atoms with E-state index in [1.807, 2.05) is 36.1 Å². The Kier molecular flexibility index (Phi) is 5.08. The van der Waals surface area contributed by atoms with Crippen LogP contribution in [0, 0.1) is 6.92 Å². The summed E-state index contributed by atoms with van der Waals surface area (Å²) in [6.07, 6.45) is 2.14. The van der Waals surface area contributed by atoms with E-state index in [1.54, 1.807) is 18.4 Å². The number of carbonyl (C=O) groups excluding carboxylic acids is 1. The van der Waals surface area contributed by atoms with Gasteiger partial charge in [-0.25, -0.2) is 4.98 Å². The smallest absolute Gasteiger partial charge is 0.254 e. The maximum absolute atomic E-state index is 12.9. The number of thiazole rings is 1. The minimum absolute atomic E-state index is 0.107. The lowest BCUT2D eigenvalue weighted by Crippen LogP contribution is -2.39. The number of benzene rings is 1. The van der Waals surface area contributed by atoms with Crippen LogP contribution in [0.3, 0.4) is 0 Å². The molecule has 1 amide bonds. The predicted molar refractivity (Wildman–Crippen MR) is 91.9 cm³/mol. The molecule has 0 N–H and O–H groups in total. The van der Waals surface area contributed by atoms with Crippen molar-refractivity contribution in [2.75, 3.05) is 20.2 Å². The summed E-state index contributed by atoms with van der Waals surface area (Å²) < 4.78 is 5.22. The standard InChI is InChI=1S/C18H22N2O2S/c1-13-12-23-17(19-13)14-7-5-9-20(10-14)18(21)16-8-4-3-6-15(16)11-22-2/h3-4,6,8,12,14H,5,7,9-11H2,1-2H3. The van der Waals surface area contributed by atoms with E-state index >= 15 is 0 Å². The summed E-state index contributed by atoms with van der Waals surface area (Å²) in [5.74, 6) is 0.469. The van der Waals surface area contributed by atoms with Crippen molar-refractivity contribution in [2.45, 2.75) is 32.3 Å². The van der Waals surface area contributed by atoms with Gasteiger partial charge >= 0.3 is 0 Å². The van der Waals surface area contributed by atoms with Crippen molar-refractivity contribution in [3.05, 3.63) is 51.5 Å². The summed E-state index contributed by atoms with van der Waals surface area (Å²) in [6.45, 7) is 4.06. The van der Waals surface area contributed by atoms with Crippen LogP contribution in [0.15, 0.2) is 29.6 Å². The zero-order valence-electron chi connectivity index (χ0n) is 13.6. The summed E-state index contributed by atoms with van der Waals surface area (Å²) >= 11 is 1.71. The number of hydrogen-bond donors (Lipinski definition) is 0. The number of amides is 1. The van der Waals surface area contributed by atoms with Crippen LogP contribution in [0.4, 0.5) is 0 Å². The number of likely N-dealkylation sites (tertiary alicyclic amines) is 1. The molecule has 1 saturated heterocycles. The fourth-order valence-electron chi connectivity index (χ4n) is 3.10. The van der Waals surface area contributed by atoms with E-state index in [0.717, 1.165) is 47.8 Å². The SMILES string of the molecule is COCc1ccccc1C(=O)N1CCCC(c2nc(C)cs2)C1. The molecule has 0 aliphatic carbocycles. The van der Waals surface area contributed by atoms with Gasteiger partial charge in [0.15, 0.2) is 0 Å². The molecular formula is C18H22N2O2S. The molecule has 23 heavy (non-hydrogen) atoms. The van der Waals surface area contributed by atoms with E-state index in [1.165, 1.54) is 0 Å². The Hall–Kier alpha value is -1.72. The molecule has 2 aromatic rings. The highest BCUT2D eigenvalue weighted by Gasteiger charge is 2.27. The van der Waals surface area contributed by atoms with Crippen LogP contribution in [0.5, 0.6) is 0 Å². The van der Waals surface area contributed by atoms with E-state index < -0.39 is 0 Å². The average molecular weight is 330 g/mol. The van der Waals surface area contributed by atoms with Gasteiger partial charge in [-0.05, 0) is 31.4 Å². The number of aryl methyl sites for hydroxylation is 1. The first-order valence-corrected chi connectivity index (χ1v) is 8.85. The van der Waals surface area contributed by atoms with E-state index in [9.17, 15) is 4.79 Å². The van der Waals surface area contributed by atoms with Crippen LogP contribution < -0.4 is 0 Å². The van der Waals surface area contributed by atoms with E-state index in [-0.39, 0.29) is 5.91 Å². The summed E-state index contributed by atoms with van der Waals surface area (Å²) in [7, 11) is 1.66. The third kappa shape index (κ3) is 3.62. The molecule has 2 heterocycles. The van der Waals surface area contributed by atoms with Gasteiger partial charge in [0.2, 0.25) is 0 Å². The van der Waals surface area contributed by atoms with Crippen molar-refractivity contribution in [1.82, 2.24) is 9.88 Å². The van der Waals surface area contributed by atoms with E-state index in [2.05, 4.69) is 10.4 Å². The molecule has 3 rings (SSSR count). The first-order valence-electron chi connectivity index (χ1n) is 7.97. The molecule has 0 spiro atoms. The number of ether oxygens (including phenoxy) is 1. The van der Waals surface area contributed by atoms with Gasteiger partial charge in [-0.3, -0.25) is 4.79 Å². The molecule has 5 heteroatoms. The molecule has 0 radical (unpaired) electrons. The first kappa shape index (κ1) is 16.1. The van der Waals surface area contributed by atoms with Gasteiger partial charge in [0.05, 0.1) is 11.6 Å².